The molecule has 11 heteroatoms. The maximum atomic E-state index is 13.4. The Balaban J connectivity index is 1.45. The van der Waals surface area contributed by atoms with E-state index in [2.05, 4.69) is 25.8 Å². The monoisotopic (exact) mass is 448 g/mol. The fraction of sp³-hybridized carbons (Fsp3) is 0.381. The van der Waals surface area contributed by atoms with Crippen LogP contribution in [-0.4, -0.2) is 51.4 Å². The fourth-order valence-corrected chi connectivity index (χ4v) is 3.70. The van der Waals surface area contributed by atoms with Gasteiger partial charge in [0.2, 0.25) is 0 Å². The van der Waals surface area contributed by atoms with Crippen molar-refractivity contribution in [1.82, 2.24) is 20.5 Å². The highest BCUT2D eigenvalue weighted by molar-refractivity contribution is 5.94. The minimum absolute atomic E-state index is 0.194. The highest BCUT2D eigenvalue weighted by Crippen LogP contribution is 2.32. The summed E-state index contributed by atoms with van der Waals surface area (Å²) in [6, 6.07) is 5.69. The fourth-order valence-electron chi connectivity index (χ4n) is 3.70. The summed E-state index contributed by atoms with van der Waals surface area (Å²) >= 11 is 0. The van der Waals surface area contributed by atoms with E-state index < -0.39 is 29.9 Å². The van der Waals surface area contributed by atoms with Gasteiger partial charge in [0, 0.05) is 38.2 Å². The van der Waals surface area contributed by atoms with Crippen molar-refractivity contribution in [2.75, 3.05) is 23.3 Å². The van der Waals surface area contributed by atoms with E-state index in [1.165, 1.54) is 37.4 Å². The van der Waals surface area contributed by atoms with Crippen LogP contribution in [0.1, 0.15) is 31.4 Å². The first-order valence-electron chi connectivity index (χ1n) is 10.2. The average Bonchev–Trinajstić information content (AvgIpc) is 3.16. The summed E-state index contributed by atoms with van der Waals surface area (Å²) < 4.78 is 40.0. The number of fused-ring (bicyclic) bond motifs is 1. The number of H-pyrrole nitrogens is 1. The van der Waals surface area contributed by atoms with Crippen LogP contribution in [0.4, 0.5) is 29.6 Å². The van der Waals surface area contributed by atoms with Gasteiger partial charge in [0.1, 0.15) is 11.6 Å². The van der Waals surface area contributed by atoms with Crippen LogP contribution in [0.3, 0.4) is 0 Å². The third-order valence-electron chi connectivity index (χ3n) is 5.46. The molecule has 1 aliphatic rings. The third-order valence-corrected chi connectivity index (χ3v) is 5.46. The van der Waals surface area contributed by atoms with Crippen LogP contribution in [0.25, 0.3) is 10.9 Å². The molecule has 3 aromatic rings. The zero-order valence-electron chi connectivity index (χ0n) is 17.3. The lowest BCUT2D eigenvalue weighted by Crippen LogP contribution is -2.39. The lowest BCUT2D eigenvalue weighted by molar-refractivity contribution is -0.0221. The number of aliphatic hydroxyl groups is 1. The molecule has 170 valence electrons. The summed E-state index contributed by atoms with van der Waals surface area (Å²) in [6.45, 7) is 1.90. The van der Waals surface area contributed by atoms with E-state index in [4.69, 9.17) is 0 Å². The second-order valence-corrected chi connectivity index (χ2v) is 7.87. The van der Waals surface area contributed by atoms with Crippen LogP contribution in [0.15, 0.2) is 36.5 Å². The molecular formula is C21H23F3N6O2. The second kappa shape index (κ2) is 8.65. The molecule has 3 heterocycles. The molecule has 2 aromatic heterocycles. The Hall–Kier alpha value is -3.34. The van der Waals surface area contributed by atoms with Crippen molar-refractivity contribution in [1.29, 1.82) is 0 Å². The molecule has 1 aliphatic heterocycles. The molecule has 0 bridgehead atoms. The molecule has 1 saturated heterocycles. The van der Waals surface area contributed by atoms with E-state index >= 15 is 0 Å². The molecule has 32 heavy (non-hydrogen) atoms. The van der Waals surface area contributed by atoms with Crippen LogP contribution in [0, 0.1) is 5.82 Å². The van der Waals surface area contributed by atoms with Gasteiger partial charge in [0.15, 0.2) is 5.82 Å². The molecule has 4 N–H and O–H groups in total. The van der Waals surface area contributed by atoms with Crippen LogP contribution in [-0.2, 0) is 0 Å². The zero-order chi connectivity index (χ0) is 22.9. The first kappa shape index (κ1) is 21.9. The molecule has 2 atom stereocenters. The quantitative estimate of drug-likeness (QED) is 0.478. The average molecular weight is 448 g/mol. The van der Waals surface area contributed by atoms with Gasteiger partial charge in [-0.05, 0) is 24.6 Å². The molecule has 1 fully saturated rings. The number of amides is 2. The molecule has 0 spiro atoms. The van der Waals surface area contributed by atoms with Gasteiger partial charge in [-0.1, -0.05) is 12.1 Å². The number of rotatable bonds is 5. The van der Waals surface area contributed by atoms with Crippen LogP contribution in [0.5, 0.6) is 0 Å². The number of nitrogens with zero attached hydrogens (tertiary/aromatic N) is 3. The van der Waals surface area contributed by atoms with E-state index in [0.29, 0.717) is 22.3 Å². The Bertz CT molecular complexity index is 1090. The van der Waals surface area contributed by atoms with Crippen molar-refractivity contribution in [3.63, 3.8) is 0 Å². The van der Waals surface area contributed by atoms with E-state index in [-0.39, 0.29) is 31.7 Å². The summed E-state index contributed by atoms with van der Waals surface area (Å²) in [6.07, 6.45) is 0.136. The number of pyridine rings is 1. The lowest BCUT2D eigenvalue weighted by atomic mass is 10.0. The third kappa shape index (κ3) is 4.77. The summed E-state index contributed by atoms with van der Waals surface area (Å²) in [7, 11) is 0. The van der Waals surface area contributed by atoms with Gasteiger partial charge in [0.05, 0.1) is 23.0 Å². The summed E-state index contributed by atoms with van der Waals surface area (Å²) in [5.74, 6) is -2.29. The Kier molecular flexibility index (Phi) is 5.92. The van der Waals surface area contributed by atoms with E-state index in [1.54, 1.807) is 11.0 Å². The number of aliphatic hydroxyl groups excluding tert-OH is 1. The number of carbonyl (C=O) groups excluding carboxylic acids is 1. The largest absolute Gasteiger partial charge is 0.391 e. The summed E-state index contributed by atoms with van der Waals surface area (Å²) in [5, 5.41) is 23.0. The molecule has 0 aliphatic carbocycles. The zero-order valence-corrected chi connectivity index (χ0v) is 17.3. The maximum Gasteiger partial charge on any atom is 0.320 e. The van der Waals surface area contributed by atoms with Crippen LogP contribution in [0.2, 0.25) is 0 Å². The van der Waals surface area contributed by atoms with Crippen LogP contribution >= 0.6 is 0 Å². The van der Waals surface area contributed by atoms with Gasteiger partial charge < -0.3 is 15.3 Å². The number of alkyl halides is 2. The summed E-state index contributed by atoms with van der Waals surface area (Å²) in [5.41, 5.74) is 1.14. The lowest BCUT2D eigenvalue weighted by Gasteiger charge is -2.31. The number of piperidine rings is 1. The molecular weight excluding hydrogens is 425 g/mol. The Morgan fingerprint density at radius 2 is 1.94 bits per heavy atom. The smallest absolute Gasteiger partial charge is 0.320 e. The number of benzene rings is 1. The predicted octanol–water partition coefficient (Wildman–Crippen LogP) is 3.58. The van der Waals surface area contributed by atoms with Gasteiger partial charge in [-0.2, -0.15) is 5.10 Å². The predicted molar refractivity (Wildman–Crippen MR) is 113 cm³/mol. The van der Waals surface area contributed by atoms with Crippen molar-refractivity contribution in [3.8, 4) is 0 Å². The maximum absolute atomic E-state index is 13.4. The highest BCUT2D eigenvalue weighted by atomic mass is 19.3. The van der Waals surface area contributed by atoms with Crippen molar-refractivity contribution >= 4 is 28.6 Å². The number of urea groups is 1. The molecule has 0 radical (unpaired) electrons. The number of hydrogen-bond donors (Lipinski definition) is 4. The molecule has 0 saturated carbocycles. The SMILES string of the molecule is CC(O)C(NC(=O)Nc1cc2[nH]nc(N3CCC(F)(F)CC3)c2cn1)c1ccc(F)cc1. The first-order chi connectivity index (χ1) is 15.2. The van der Waals surface area contributed by atoms with Crippen molar-refractivity contribution < 1.29 is 23.1 Å². The van der Waals surface area contributed by atoms with Gasteiger partial charge >= 0.3 is 6.03 Å². The minimum atomic E-state index is -2.65. The number of anilines is 2. The van der Waals surface area contributed by atoms with Crippen molar-refractivity contribution in [2.24, 2.45) is 0 Å². The van der Waals surface area contributed by atoms with Gasteiger partial charge in [-0.25, -0.2) is 22.9 Å². The van der Waals surface area contributed by atoms with Crippen molar-refractivity contribution in [3.05, 3.63) is 47.9 Å². The summed E-state index contributed by atoms with van der Waals surface area (Å²) in [4.78, 5) is 18.5. The van der Waals surface area contributed by atoms with Crippen molar-refractivity contribution in [2.45, 2.75) is 37.8 Å². The molecule has 4 rings (SSSR count). The van der Waals surface area contributed by atoms with E-state index in [9.17, 15) is 23.1 Å². The number of nitrogens with one attached hydrogen (secondary N) is 3. The Labute approximate surface area is 181 Å². The van der Waals surface area contributed by atoms with E-state index in [0.717, 1.165) is 0 Å². The van der Waals surface area contributed by atoms with Gasteiger partial charge in [-0.3, -0.25) is 10.4 Å². The molecule has 8 nitrogen and oxygen atoms in total. The Morgan fingerprint density at radius 1 is 1.25 bits per heavy atom. The number of carbonyl (C=O) groups is 1. The standard InChI is InChI=1S/C21H23F3N6O2/c1-12(31)18(13-2-4-14(22)5-3-13)27-20(32)26-17-10-16-15(11-25-17)19(29-28-16)30-8-6-21(23,24)7-9-30/h2-5,10-12,18,31H,6-9H2,1H3,(H,28,29)(H2,25,26,27,32). The minimum Gasteiger partial charge on any atom is -0.391 e. The normalized spacial score (nSPS) is 17.7. The van der Waals surface area contributed by atoms with Crippen LogP contribution < -0.4 is 15.5 Å². The Morgan fingerprint density at radius 3 is 2.59 bits per heavy atom. The number of hydrogen-bond acceptors (Lipinski definition) is 5. The van der Waals surface area contributed by atoms with Gasteiger partial charge in [-0.15, -0.1) is 0 Å². The topological polar surface area (TPSA) is 106 Å². The number of aromatic amines is 1. The first-order valence-corrected chi connectivity index (χ1v) is 10.2. The van der Waals surface area contributed by atoms with Gasteiger partial charge in [0.25, 0.3) is 5.92 Å². The molecule has 1 aromatic carbocycles. The number of aromatic nitrogens is 3. The highest BCUT2D eigenvalue weighted by Gasteiger charge is 2.35. The van der Waals surface area contributed by atoms with E-state index in [1.807, 2.05) is 0 Å². The second-order valence-electron chi connectivity index (χ2n) is 7.87. The molecule has 2 amide bonds. The number of halogens is 3. The molecule has 2 unspecified atom stereocenters.